The average molecular weight is 576 g/mol. The maximum absolute atomic E-state index is 12.6. The lowest BCUT2D eigenvalue weighted by Gasteiger charge is -2.11. The molecule has 14 heteroatoms. The molecule has 0 bridgehead atoms. The number of carbonyl (C=O) groups is 1. The van der Waals surface area contributed by atoms with E-state index in [9.17, 15) is 18.0 Å². The summed E-state index contributed by atoms with van der Waals surface area (Å²) in [7, 11) is 0. The zero-order valence-electron chi connectivity index (χ0n) is 19.7. The Hall–Kier alpha value is -4.42. The van der Waals surface area contributed by atoms with E-state index in [4.69, 9.17) is 34.6 Å². The van der Waals surface area contributed by atoms with E-state index in [0.717, 1.165) is 5.56 Å². The van der Waals surface area contributed by atoms with Gasteiger partial charge in [-0.15, -0.1) is 23.4 Å². The molecule has 0 atom stereocenters. The molecule has 4 N–H and O–H groups in total. The Kier molecular flexibility index (Phi) is 8.17. The molecular formula is C25H18Cl2F3N7O2. The van der Waals surface area contributed by atoms with Gasteiger partial charge in [0.1, 0.15) is 5.75 Å². The van der Waals surface area contributed by atoms with Crippen LogP contribution >= 0.6 is 23.2 Å². The second-order valence-corrected chi connectivity index (χ2v) is 8.89. The van der Waals surface area contributed by atoms with E-state index in [2.05, 4.69) is 25.4 Å². The first kappa shape index (κ1) is 27.6. The van der Waals surface area contributed by atoms with Gasteiger partial charge in [-0.25, -0.2) is 5.53 Å². The van der Waals surface area contributed by atoms with E-state index >= 15 is 0 Å². The molecular weight excluding hydrogens is 558 g/mol. The second-order valence-electron chi connectivity index (χ2n) is 8.02. The van der Waals surface area contributed by atoms with Crippen LogP contribution in [0.5, 0.6) is 5.75 Å². The summed E-state index contributed by atoms with van der Waals surface area (Å²) < 4.78 is 43.4. The number of hydrazone groups is 1. The van der Waals surface area contributed by atoms with Crippen LogP contribution in [0.1, 0.15) is 15.9 Å². The SMILES string of the molecule is N=N/C(=N\N)NC(=O)c1ccc(Cn2nc(-c3cc(Cl)cc(Cl)c3)cc2-c2ccc(OC(F)(F)F)cc2)cc1. The first-order chi connectivity index (χ1) is 18.5. The van der Waals surface area contributed by atoms with Crippen LogP contribution < -0.4 is 15.9 Å². The molecule has 0 spiro atoms. The van der Waals surface area contributed by atoms with Crippen LogP contribution in [0, 0.1) is 5.53 Å². The molecule has 1 amide bonds. The first-order valence-electron chi connectivity index (χ1n) is 11.0. The molecule has 4 rings (SSSR count). The van der Waals surface area contributed by atoms with Gasteiger partial charge < -0.3 is 10.6 Å². The van der Waals surface area contributed by atoms with Crippen molar-refractivity contribution >= 4 is 35.1 Å². The highest BCUT2D eigenvalue weighted by atomic mass is 35.5. The fourth-order valence-electron chi connectivity index (χ4n) is 3.64. The number of amides is 1. The van der Waals surface area contributed by atoms with Gasteiger partial charge >= 0.3 is 6.36 Å². The minimum atomic E-state index is -4.81. The maximum Gasteiger partial charge on any atom is 0.573 e. The third-order valence-electron chi connectivity index (χ3n) is 5.32. The highest BCUT2D eigenvalue weighted by Gasteiger charge is 2.31. The Morgan fingerprint density at radius 1 is 1.00 bits per heavy atom. The Morgan fingerprint density at radius 3 is 2.21 bits per heavy atom. The molecule has 3 aromatic carbocycles. The number of guanidine groups is 1. The van der Waals surface area contributed by atoms with Crippen LogP contribution in [0.4, 0.5) is 13.2 Å². The highest BCUT2D eigenvalue weighted by molar-refractivity contribution is 6.35. The van der Waals surface area contributed by atoms with Crippen molar-refractivity contribution in [1.82, 2.24) is 15.1 Å². The molecule has 0 radical (unpaired) electrons. The normalized spacial score (nSPS) is 11.8. The number of nitrogens with one attached hydrogen (secondary N) is 2. The number of carbonyl (C=O) groups excluding carboxylic acids is 1. The van der Waals surface area contributed by atoms with E-state index < -0.39 is 12.3 Å². The predicted molar refractivity (Wildman–Crippen MR) is 140 cm³/mol. The molecule has 200 valence electrons. The zero-order chi connectivity index (χ0) is 28.2. The van der Waals surface area contributed by atoms with Crippen molar-refractivity contribution in [2.75, 3.05) is 0 Å². The van der Waals surface area contributed by atoms with Gasteiger partial charge in [0.15, 0.2) is 0 Å². The third kappa shape index (κ3) is 7.12. The molecule has 1 heterocycles. The minimum absolute atomic E-state index is 0.254. The average Bonchev–Trinajstić information content (AvgIpc) is 3.30. The quantitative estimate of drug-likeness (QED) is 0.0799. The predicted octanol–water partition coefficient (Wildman–Crippen LogP) is 6.46. The van der Waals surface area contributed by atoms with Crippen molar-refractivity contribution < 1.29 is 22.7 Å². The molecule has 9 nitrogen and oxygen atoms in total. The van der Waals surface area contributed by atoms with Crippen molar-refractivity contribution in [2.24, 2.45) is 16.1 Å². The molecule has 0 saturated carbocycles. The van der Waals surface area contributed by atoms with Crippen molar-refractivity contribution in [3.63, 3.8) is 0 Å². The van der Waals surface area contributed by atoms with Gasteiger partial charge in [-0.1, -0.05) is 35.3 Å². The van der Waals surface area contributed by atoms with Crippen molar-refractivity contribution in [3.05, 3.63) is 94.0 Å². The summed E-state index contributed by atoms with van der Waals surface area (Å²) in [6.07, 6.45) is -4.81. The van der Waals surface area contributed by atoms with Crippen molar-refractivity contribution in [3.8, 4) is 28.3 Å². The minimum Gasteiger partial charge on any atom is -0.406 e. The smallest absolute Gasteiger partial charge is 0.406 e. The van der Waals surface area contributed by atoms with Gasteiger partial charge in [0.2, 0.25) is 0 Å². The Morgan fingerprint density at radius 2 is 1.64 bits per heavy atom. The topological polar surface area (TPSA) is 131 Å². The summed E-state index contributed by atoms with van der Waals surface area (Å²) >= 11 is 12.3. The number of rotatable bonds is 6. The van der Waals surface area contributed by atoms with Crippen LogP contribution in [0.25, 0.3) is 22.5 Å². The summed E-state index contributed by atoms with van der Waals surface area (Å²) in [5.41, 5.74) is 10.3. The van der Waals surface area contributed by atoms with Gasteiger partial charge in [-0.2, -0.15) is 5.10 Å². The summed E-state index contributed by atoms with van der Waals surface area (Å²) in [4.78, 5) is 12.3. The van der Waals surface area contributed by atoms with E-state index in [1.807, 2.05) is 0 Å². The summed E-state index contributed by atoms with van der Waals surface area (Å²) in [5, 5.41) is 14.0. The van der Waals surface area contributed by atoms with Gasteiger partial charge in [0.25, 0.3) is 11.9 Å². The Balaban J connectivity index is 1.67. The van der Waals surface area contributed by atoms with Crippen LogP contribution in [0.15, 0.2) is 83.0 Å². The molecule has 0 unspecified atom stereocenters. The number of nitrogens with two attached hydrogens (primary N) is 1. The van der Waals surface area contributed by atoms with Crippen LogP contribution in [0.3, 0.4) is 0 Å². The Bertz CT molecular complexity index is 1520. The maximum atomic E-state index is 12.6. The molecule has 0 aliphatic carbocycles. The standard InChI is InChI=1S/C25H18Cl2F3N7O2/c26-18-9-17(10-19(27)11-18)21-12-22(15-5-7-20(8-6-15)39-25(28,29)30)37(36-21)13-14-1-3-16(4-2-14)23(38)33-24(34-31)35-32/h1-12,31H,13,32H2,(H,33,35,38). The highest BCUT2D eigenvalue weighted by Crippen LogP contribution is 2.32. The fourth-order valence-corrected chi connectivity index (χ4v) is 4.16. The van der Waals surface area contributed by atoms with E-state index in [0.29, 0.717) is 32.6 Å². The molecule has 0 saturated heterocycles. The summed E-state index contributed by atoms with van der Waals surface area (Å²) in [6, 6.07) is 18.7. The van der Waals surface area contributed by atoms with Gasteiger partial charge in [0, 0.05) is 26.7 Å². The summed E-state index contributed by atoms with van der Waals surface area (Å²) in [6.45, 7) is 0.254. The fraction of sp³-hybridized carbons (Fsp3) is 0.0800. The van der Waals surface area contributed by atoms with Crippen LogP contribution in [0.2, 0.25) is 10.0 Å². The van der Waals surface area contributed by atoms with E-state index in [1.54, 1.807) is 53.2 Å². The summed E-state index contributed by atoms with van der Waals surface area (Å²) in [5.74, 6) is 3.81. The van der Waals surface area contributed by atoms with E-state index in [1.165, 1.54) is 24.3 Å². The lowest BCUT2D eigenvalue weighted by Crippen LogP contribution is -2.29. The number of ether oxygens (including phenoxy) is 1. The van der Waals surface area contributed by atoms with E-state index in [-0.39, 0.29) is 23.8 Å². The monoisotopic (exact) mass is 575 g/mol. The molecule has 1 aromatic heterocycles. The van der Waals surface area contributed by atoms with Gasteiger partial charge in [-0.05, 0) is 66.2 Å². The largest absolute Gasteiger partial charge is 0.573 e. The number of hydrogen-bond acceptors (Lipinski definition) is 6. The molecule has 4 aromatic rings. The Labute approximate surface area is 229 Å². The second kappa shape index (κ2) is 11.5. The van der Waals surface area contributed by atoms with Gasteiger partial charge in [-0.3, -0.25) is 14.8 Å². The molecule has 0 fully saturated rings. The van der Waals surface area contributed by atoms with Gasteiger partial charge in [0.05, 0.1) is 17.9 Å². The molecule has 0 aliphatic heterocycles. The number of alkyl halides is 3. The van der Waals surface area contributed by atoms with Crippen LogP contribution in [-0.4, -0.2) is 28.0 Å². The third-order valence-corrected chi connectivity index (χ3v) is 5.76. The molecule has 0 aliphatic rings. The number of halogens is 5. The number of benzene rings is 3. The lowest BCUT2D eigenvalue weighted by molar-refractivity contribution is -0.274. The van der Waals surface area contributed by atoms with Crippen molar-refractivity contribution in [2.45, 2.75) is 12.9 Å². The molecule has 39 heavy (non-hydrogen) atoms. The number of aromatic nitrogens is 2. The van der Waals surface area contributed by atoms with Crippen molar-refractivity contribution in [1.29, 1.82) is 5.53 Å². The van der Waals surface area contributed by atoms with Crippen LogP contribution in [-0.2, 0) is 6.54 Å². The first-order valence-corrected chi connectivity index (χ1v) is 11.8. The lowest BCUT2D eigenvalue weighted by atomic mass is 10.1. The zero-order valence-corrected chi connectivity index (χ0v) is 21.2. The number of nitrogens with zero attached hydrogens (tertiary/aromatic N) is 4. The number of hydrogen-bond donors (Lipinski definition) is 3.